The van der Waals surface area contributed by atoms with E-state index in [1.54, 1.807) is 0 Å². The molecule has 0 aromatic rings. The fraction of sp³-hybridized carbons (Fsp3) is 0.923. The van der Waals surface area contributed by atoms with Crippen LogP contribution in [-0.4, -0.2) is 30.6 Å². The Kier molecular flexibility index (Phi) is 5.87. The van der Waals surface area contributed by atoms with Gasteiger partial charge < -0.3 is 9.63 Å². The Labute approximate surface area is 112 Å². The molecule has 0 aliphatic heterocycles. The van der Waals surface area contributed by atoms with E-state index in [1.165, 1.54) is 5.06 Å². The first kappa shape index (κ1) is 17.4. The molecule has 1 atom stereocenters. The minimum absolute atomic E-state index is 0.00400. The molecule has 18 heavy (non-hydrogen) atoms. The van der Waals surface area contributed by atoms with Crippen LogP contribution < -0.4 is 0 Å². The van der Waals surface area contributed by atoms with Crippen LogP contribution in [-0.2, 0) is 4.53 Å². The molecular formula is C13H29NO3Si. The highest BCUT2D eigenvalue weighted by molar-refractivity contribution is 6.74. The zero-order chi connectivity index (χ0) is 14.7. The minimum atomic E-state index is -2.11. The number of hydrogen-bond acceptors (Lipinski definition) is 2. The average molecular weight is 275 g/mol. The Bertz CT molecular complexity index is 284. The molecule has 0 heterocycles. The third kappa shape index (κ3) is 4.28. The maximum absolute atomic E-state index is 11.4. The SMILES string of the molecule is CCC(C(C)C)N(O[Si](C)(C)C(C)(C)C)C(=O)O. The molecule has 1 amide bonds. The minimum Gasteiger partial charge on any atom is -0.463 e. The van der Waals surface area contributed by atoms with Crippen molar-refractivity contribution in [2.45, 2.75) is 72.1 Å². The van der Waals surface area contributed by atoms with Gasteiger partial charge in [0.1, 0.15) is 0 Å². The summed E-state index contributed by atoms with van der Waals surface area (Å²) in [6.45, 7) is 16.5. The molecule has 5 heteroatoms. The normalized spacial score (nSPS) is 14.7. The molecule has 0 aliphatic rings. The highest BCUT2D eigenvalue weighted by Gasteiger charge is 2.42. The van der Waals surface area contributed by atoms with E-state index in [0.29, 0.717) is 0 Å². The molecule has 0 aromatic heterocycles. The van der Waals surface area contributed by atoms with Crippen LogP contribution in [0.1, 0.15) is 48.0 Å². The van der Waals surface area contributed by atoms with Gasteiger partial charge in [0.15, 0.2) is 0 Å². The van der Waals surface area contributed by atoms with E-state index in [-0.39, 0.29) is 17.0 Å². The number of carbonyl (C=O) groups is 1. The van der Waals surface area contributed by atoms with E-state index in [9.17, 15) is 9.90 Å². The first-order chi connectivity index (χ1) is 7.94. The van der Waals surface area contributed by atoms with Gasteiger partial charge in [-0.1, -0.05) is 41.5 Å². The van der Waals surface area contributed by atoms with Crippen LogP contribution in [0.5, 0.6) is 0 Å². The summed E-state index contributed by atoms with van der Waals surface area (Å²) in [7, 11) is -2.11. The predicted octanol–water partition coefficient (Wildman–Crippen LogP) is 4.34. The average Bonchev–Trinajstić information content (AvgIpc) is 2.14. The van der Waals surface area contributed by atoms with Crippen molar-refractivity contribution < 1.29 is 14.4 Å². The van der Waals surface area contributed by atoms with E-state index in [0.717, 1.165) is 6.42 Å². The summed E-state index contributed by atoms with van der Waals surface area (Å²) < 4.78 is 5.95. The van der Waals surface area contributed by atoms with Gasteiger partial charge in [-0.05, 0) is 30.5 Å². The lowest BCUT2D eigenvalue weighted by Gasteiger charge is -2.42. The summed E-state index contributed by atoms with van der Waals surface area (Å²) in [5.41, 5.74) is 0. The highest BCUT2D eigenvalue weighted by atomic mass is 28.4. The first-order valence-corrected chi connectivity index (χ1v) is 9.56. The van der Waals surface area contributed by atoms with Gasteiger partial charge >= 0.3 is 6.09 Å². The molecule has 0 aliphatic carbocycles. The largest absolute Gasteiger partial charge is 0.463 e. The van der Waals surface area contributed by atoms with Crippen LogP contribution in [0.25, 0.3) is 0 Å². The molecular weight excluding hydrogens is 246 g/mol. The topological polar surface area (TPSA) is 49.8 Å². The molecule has 0 fully saturated rings. The molecule has 4 nitrogen and oxygen atoms in total. The van der Waals surface area contributed by atoms with Gasteiger partial charge in [-0.2, -0.15) is 5.06 Å². The maximum Gasteiger partial charge on any atom is 0.430 e. The quantitative estimate of drug-likeness (QED) is 0.600. The lowest BCUT2D eigenvalue weighted by molar-refractivity contribution is -0.0936. The summed E-state index contributed by atoms with van der Waals surface area (Å²) in [6, 6.07) is -0.0865. The van der Waals surface area contributed by atoms with Crippen molar-refractivity contribution in [3.63, 3.8) is 0 Å². The summed E-state index contributed by atoms with van der Waals surface area (Å²) in [5, 5.41) is 10.6. The molecule has 1 unspecified atom stereocenters. The number of nitrogens with zero attached hydrogens (tertiary/aromatic N) is 1. The van der Waals surface area contributed by atoms with Crippen molar-refractivity contribution in [3.05, 3.63) is 0 Å². The highest BCUT2D eigenvalue weighted by Crippen LogP contribution is 2.38. The van der Waals surface area contributed by atoms with Gasteiger partial charge in [0.2, 0.25) is 8.32 Å². The van der Waals surface area contributed by atoms with E-state index in [1.807, 2.05) is 20.8 Å². The number of amides is 1. The summed E-state index contributed by atoms with van der Waals surface area (Å²) >= 11 is 0. The second kappa shape index (κ2) is 6.06. The van der Waals surface area contributed by atoms with Gasteiger partial charge in [-0.3, -0.25) is 0 Å². The smallest absolute Gasteiger partial charge is 0.430 e. The van der Waals surface area contributed by atoms with E-state index < -0.39 is 14.4 Å². The predicted molar refractivity (Wildman–Crippen MR) is 77.1 cm³/mol. The van der Waals surface area contributed by atoms with Gasteiger partial charge in [0, 0.05) is 0 Å². The van der Waals surface area contributed by atoms with Crippen LogP contribution >= 0.6 is 0 Å². The van der Waals surface area contributed by atoms with Crippen molar-refractivity contribution in [1.82, 2.24) is 5.06 Å². The van der Waals surface area contributed by atoms with Crippen molar-refractivity contribution in [2.75, 3.05) is 0 Å². The van der Waals surface area contributed by atoms with E-state index >= 15 is 0 Å². The molecule has 0 saturated carbocycles. The van der Waals surface area contributed by atoms with Crippen LogP contribution in [0.4, 0.5) is 4.79 Å². The van der Waals surface area contributed by atoms with Gasteiger partial charge in [0.25, 0.3) is 0 Å². The number of hydroxylamine groups is 2. The Morgan fingerprint density at radius 3 is 2.00 bits per heavy atom. The maximum atomic E-state index is 11.4. The van der Waals surface area contributed by atoms with Gasteiger partial charge in [-0.25, -0.2) is 4.79 Å². The number of carboxylic acid groups (broad SMARTS) is 1. The second-order valence-corrected chi connectivity index (χ2v) is 11.4. The zero-order valence-electron chi connectivity index (χ0n) is 13.1. The van der Waals surface area contributed by atoms with Gasteiger partial charge in [-0.15, -0.1) is 0 Å². The summed E-state index contributed by atoms with van der Waals surface area (Å²) in [5.74, 6) is 0.246. The first-order valence-electron chi connectivity index (χ1n) is 6.65. The molecule has 1 N–H and O–H groups in total. The van der Waals surface area contributed by atoms with E-state index in [2.05, 4.69) is 33.9 Å². The van der Waals surface area contributed by atoms with Crippen LogP contribution in [0, 0.1) is 5.92 Å². The molecule has 0 saturated heterocycles. The summed E-state index contributed by atoms with van der Waals surface area (Å²) in [6.07, 6.45) is -0.223. The lowest BCUT2D eigenvalue weighted by Crippen LogP contribution is -2.52. The van der Waals surface area contributed by atoms with E-state index in [4.69, 9.17) is 4.53 Å². The summed E-state index contributed by atoms with van der Waals surface area (Å²) in [4.78, 5) is 11.4. The second-order valence-electron chi connectivity index (χ2n) is 6.68. The number of hydrogen-bond donors (Lipinski definition) is 1. The van der Waals surface area contributed by atoms with Crippen molar-refractivity contribution in [1.29, 1.82) is 0 Å². The lowest BCUT2D eigenvalue weighted by atomic mass is 10.0. The third-order valence-corrected chi connectivity index (χ3v) is 8.08. The fourth-order valence-corrected chi connectivity index (χ4v) is 2.52. The van der Waals surface area contributed by atoms with Crippen LogP contribution in [0.3, 0.4) is 0 Å². The molecule has 0 aromatic carbocycles. The third-order valence-electron chi connectivity index (χ3n) is 3.81. The Morgan fingerprint density at radius 2 is 1.78 bits per heavy atom. The standard InChI is InChI=1S/C13H29NO3Si/c1-9-11(10(2)3)14(12(15)16)17-18(7,8)13(4,5)6/h10-11H,9H2,1-8H3,(H,15,16). The Morgan fingerprint density at radius 1 is 1.33 bits per heavy atom. The molecule has 0 spiro atoms. The fourth-order valence-electron chi connectivity index (χ4n) is 1.54. The zero-order valence-corrected chi connectivity index (χ0v) is 14.1. The molecule has 0 bridgehead atoms. The Balaban J connectivity index is 5.11. The van der Waals surface area contributed by atoms with Crippen molar-refractivity contribution in [2.24, 2.45) is 5.92 Å². The monoisotopic (exact) mass is 275 g/mol. The van der Waals surface area contributed by atoms with Crippen molar-refractivity contribution >= 4 is 14.4 Å². The van der Waals surface area contributed by atoms with Crippen LogP contribution in [0.2, 0.25) is 18.1 Å². The molecule has 108 valence electrons. The molecule has 0 radical (unpaired) electrons. The Hall–Kier alpha value is -0.553. The van der Waals surface area contributed by atoms with Crippen LogP contribution in [0.15, 0.2) is 0 Å². The van der Waals surface area contributed by atoms with Gasteiger partial charge in [0.05, 0.1) is 6.04 Å². The molecule has 0 rings (SSSR count). The number of rotatable bonds is 5. The van der Waals surface area contributed by atoms with Crippen molar-refractivity contribution in [3.8, 4) is 0 Å².